The number of methoxy groups -OCH3 is 1. The smallest absolute Gasteiger partial charge is 0.347 e. The van der Waals surface area contributed by atoms with E-state index in [9.17, 15) is 18.8 Å². The minimum atomic E-state index is -1.13. The molecule has 2 N–H and O–H groups in total. The van der Waals surface area contributed by atoms with Gasteiger partial charge in [0, 0.05) is 40.4 Å². The van der Waals surface area contributed by atoms with E-state index in [1.54, 1.807) is 66.7 Å². The summed E-state index contributed by atoms with van der Waals surface area (Å²) < 4.78 is 21.7. The normalized spacial score (nSPS) is 11.7. The van der Waals surface area contributed by atoms with Gasteiger partial charge in [-0.2, -0.15) is 0 Å². The molecule has 0 radical (unpaired) electrons. The van der Waals surface area contributed by atoms with Gasteiger partial charge in [-0.25, -0.2) is 13.9 Å². The van der Waals surface area contributed by atoms with Crippen LogP contribution in [0.2, 0.25) is 10.0 Å². The molecule has 0 saturated heterocycles. The predicted octanol–water partition coefficient (Wildman–Crippen LogP) is 3.83. The molecule has 1 atom stereocenters. The second kappa shape index (κ2) is 13.4. The van der Waals surface area contributed by atoms with Crippen LogP contribution in [-0.2, 0) is 27.4 Å². The van der Waals surface area contributed by atoms with Gasteiger partial charge in [-0.1, -0.05) is 59.6 Å². The first kappa shape index (κ1) is 29.0. The van der Waals surface area contributed by atoms with Crippen LogP contribution in [0.25, 0.3) is 11.4 Å². The molecular weight excluding hydrogens is 560 g/mol. The molecule has 12 heteroatoms. The number of aromatic nitrogens is 3. The Kier molecular flexibility index (Phi) is 9.70. The number of amides is 2. The third-order valence-corrected chi connectivity index (χ3v) is 6.59. The topological polar surface area (TPSA) is 107 Å². The van der Waals surface area contributed by atoms with Gasteiger partial charge in [0.05, 0.1) is 13.2 Å². The van der Waals surface area contributed by atoms with Crippen LogP contribution in [0.4, 0.5) is 4.39 Å². The van der Waals surface area contributed by atoms with Gasteiger partial charge in [0.25, 0.3) is 0 Å². The molecule has 2 amide bonds. The number of hydrogen-bond donors (Lipinski definition) is 2. The van der Waals surface area contributed by atoms with Crippen molar-refractivity contribution in [2.24, 2.45) is 0 Å². The van der Waals surface area contributed by atoms with Crippen molar-refractivity contribution in [3.05, 3.63) is 110 Å². The molecule has 4 aromatic rings. The number of halogens is 3. The average Bonchev–Trinajstić information content (AvgIpc) is 3.24. The van der Waals surface area contributed by atoms with Gasteiger partial charge < -0.3 is 15.4 Å². The van der Waals surface area contributed by atoms with Crippen molar-refractivity contribution in [2.75, 3.05) is 20.3 Å². The second-order valence-electron chi connectivity index (χ2n) is 8.75. The van der Waals surface area contributed by atoms with E-state index in [0.717, 1.165) is 4.68 Å². The maximum atomic E-state index is 14.5. The summed E-state index contributed by atoms with van der Waals surface area (Å²) in [4.78, 5) is 39.5. The van der Waals surface area contributed by atoms with Gasteiger partial charge >= 0.3 is 5.69 Å². The predicted molar refractivity (Wildman–Crippen MR) is 150 cm³/mol. The Morgan fingerprint density at radius 2 is 1.73 bits per heavy atom. The zero-order chi connectivity index (χ0) is 28.6. The molecule has 4 rings (SSSR count). The van der Waals surface area contributed by atoms with E-state index >= 15 is 0 Å². The minimum Gasteiger partial charge on any atom is -0.383 e. The van der Waals surface area contributed by atoms with Gasteiger partial charge in [-0.3, -0.25) is 14.2 Å². The summed E-state index contributed by atoms with van der Waals surface area (Å²) in [6, 6.07) is 18.2. The average molecular weight is 586 g/mol. The van der Waals surface area contributed by atoms with Crippen LogP contribution in [0.3, 0.4) is 0 Å². The van der Waals surface area contributed by atoms with Crippen LogP contribution in [-0.4, -0.2) is 46.4 Å². The highest BCUT2D eigenvalue weighted by Gasteiger charge is 2.26. The quantitative estimate of drug-likeness (QED) is 0.260. The molecular formula is C28H26Cl2FN5O4. The molecule has 3 aromatic carbocycles. The largest absolute Gasteiger partial charge is 0.383 e. The first-order valence-electron chi connectivity index (χ1n) is 12.3. The maximum absolute atomic E-state index is 14.5. The highest BCUT2D eigenvalue weighted by atomic mass is 35.5. The van der Waals surface area contributed by atoms with Crippen molar-refractivity contribution in [2.45, 2.75) is 19.1 Å². The number of hydrogen-bond acceptors (Lipinski definition) is 5. The number of rotatable bonds is 11. The van der Waals surface area contributed by atoms with Crippen molar-refractivity contribution < 1.29 is 18.7 Å². The standard InChI is InChI=1S/C28H26Cl2FN5O4/c1-40-15-14-32-27(38)25(21-7-3-4-8-22(21)30)33-24(37)17-36-28(39)35(16-19-6-2-5-9-23(19)31)26(34-36)18-10-12-20(29)13-11-18/h2-13,25H,14-17H2,1H3,(H,32,38)(H,33,37). The van der Waals surface area contributed by atoms with Crippen LogP contribution < -0.4 is 16.3 Å². The summed E-state index contributed by atoms with van der Waals surface area (Å²) in [5.74, 6) is -1.42. The number of ether oxygens (including phenoxy) is 1. The number of benzene rings is 3. The molecule has 0 aliphatic heterocycles. The molecule has 0 saturated carbocycles. The fourth-order valence-corrected chi connectivity index (χ4v) is 4.38. The molecule has 1 unspecified atom stereocenters. The molecule has 0 fully saturated rings. The molecule has 9 nitrogen and oxygen atoms in total. The van der Waals surface area contributed by atoms with E-state index in [1.165, 1.54) is 17.7 Å². The van der Waals surface area contributed by atoms with Crippen LogP contribution >= 0.6 is 23.2 Å². The fraction of sp³-hybridized carbons (Fsp3) is 0.214. The van der Waals surface area contributed by atoms with Gasteiger partial charge in [0.15, 0.2) is 5.82 Å². The summed E-state index contributed by atoms with van der Waals surface area (Å²) in [7, 11) is 1.50. The van der Waals surface area contributed by atoms with Crippen molar-refractivity contribution in [3.63, 3.8) is 0 Å². The third kappa shape index (κ3) is 6.95. The number of nitrogens with zero attached hydrogens (tertiary/aromatic N) is 3. The molecule has 40 heavy (non-hydrogen) atoms. The van der Waals surface area contributed by atoms with Crippen molar-refractivity contribution >= 4 is 35.0 Å². The lowest BCUT2D eigenvalue weighted by Gasteiger charge is -2.20. The zero-order valence-corrected chi connectivity index (χ0v) is 23.0. The van der Waals surface area contributed by atoms with Crippen LogP contribution in [0.15, 0.2) is 77.6 Å². The monoisotopic (exact) mass is 585 g/mol. The lowest BCUT2D eigenvalue weighted by Crippen LogP contribution is -2.43. The Bertz CT molecular complexity index is 1560. The summed E-state index contributed by atoms with van der Waals surface area (Å²) in [6.07, 6.45) is 0. The van der Waals surface area contributed by atoms with Gasteiger partial charge in [0.2, 0.25) is 11.8 Å². The van der Waals surface area contributed by atoms with Gasteiger partial charge in [0.1, 0.15) is 18.4 Å². The maximum Gasteiger partial charge on any atom is 0.347 e. The van der Waals surface area contributed by atoms with E-state index in [1.807, 2.05) is 0 Å². The number of nitrogens with one attached hydrogen (secondary N) is 2. The molecule has 1 aromatic heterocycles. The first-order valence-corrected chi connectivity index (χ1v) is 13.0. The number of carbonyl (C=O) groups is 2. The summed E-state index contributed by atoms with van der Waals surface area (Å²) >= 11 is 12.3. The Balaban J connectivity index is 1.64. The number of carbonyl (C=O) groups excluding carboxylic acids is 2. The van der Waals surface area contributed by atoms with E-state index in [2.05, 4.69) is 15.7 Å². The summed E-state index contributed by atoms with van der Waals surface area (Å²) in [5.41, 5.74) is 0.563. The SMILES string of the molecule is COCCNC(=O)C(NC(=O)Cn1nc(-c2ccc(Cl)cc2)n(Cc2ccccc2F)c1=O)c1ccccc1Cl. The van der Waals surface area contributed by atoms with Gasteiger partial charge in [-0.05, 0) is 36.4 Å². The van der Waals surface area contributed by atoms with E-state index < -0.39 is 35.9 Å². The van der Waals surface area contributed by atoms with Gasteiger partial charge in [-0.15, -0.1) is 5.10 Å². The summed E-state index contributed by atoms with van der Waals surface area (Å²) in [6.45, 7) is -0.126. The first-order chi connectivity index (χ1) is 19.3. The Labute approximate surface area is 239 Å². The van der Waals surface area contributed by atoms with Crippen molar-refractivity contribution in [1.29, 1.82) is 0 Å². The summed E-state index contributed by atoms with van der Waals surface area (Å²) in [5, 5.41) is 10.5. The molecule has 208 valence electrons. The lowest BCUT2D eigenvalue weighted by atomic mass is 10.1. The van der Waals surface area contributed by atoms with E-state index in [0.29, 0.717) is 16.1 Å². The molecule has 0 bridgehead atoms. The minimum absolute atomic E-state index is 0.116. The Morgan fingerprint density at radius 1 is 1.02 bits per heavy atom. The Morgan fingerprint density at radius 3 is 2.42 bits per heavy atom. The van der Waals surface area contributed by atoms with Crippen LogP contribution in [0, 0.1) is 5.82 Å². The Hall–Kier alpha value is -3.99. The van der Waals surface area contributed by atoms with Crippen molar-refractivity contribution in [1.82, 2.24) is 25.0 Å². The highest BCUT2D eigenvalue weighted by molar-refractivity contribution is 6.31. The van der Waals surface area contributed by atoms with Crippen molar-refractivity contribution in [3.8, 4) is 11.4 Å². The zero-order valence-electron chi connectivity index (χ0n) is 21.4. The molecule has 0 aliphatic rings. The van der Waals surface area contributed by atoms with Crippen LogP contribution in [0.5, 0.6) is 0 Å². The lowest BCUT2D eigenvalue weighted by molar-refractivity contribution is -0.129. The van der Waals surface area contributed by atoms with E-state index in [4.69, 9.17) is 27.9 Å². The third-order valence-electron chi connectivity index (χ3n) is 5.99. The molecule has 0 aliphatic carbocycles. The highest BCUT2D eigenvalue weighted by Crippen LogP contribution is 2.23. The molecule has 1 heterocycles. The molecule has 0 spiro atoms. The van der Waals surface area contributed by atoms with E-state index in [-0.39, 0.29) is 36.1 Å². The fourth-order valence-electron chi connectivity index (χ4n) is 4.01. The van der Waals surface area contributed by atoms with Crippen LogP contribution in [0.1, 0.15) is 17.2 Å². The second-order valence-corrected chi connectivity index (χ2v) is 9.60.